The van der Waals surface area contributed by atoms with Crippen LogP contribution < -0.4 is 10.1 Å². The van der Waals surface area contributed by atoms with Gasteiger partial charge in [-0.25, -0.2) is 24.2 Å². The quantitative estimate of drug-likeness (QED) is 0.0801. The number of carbonyl (C=O) groups excluding carboxylic acids is 6. The molecule has 4 N–H and O–H groups in total. The first-order valence-corrected chi connectivity index (χ1v) is 23.7. The van der Waals surface area contributed by atoms with Crippen LogP contribution in [-0.2, 0) is 42.8 Å². The minimum Gasteiger partial charge on any atom is -0.496 e. The molecule has 3 aliphatic carbocycles. The number of fused-ring (bicyclic) bond motifs is 6. The van der Waals surface area contributed by atoms with Crippen LogP contribution in [0.25, 0.3) is 10.9 Å². The van der Waals surface area contributed by atoms with Crippen molar-refractivity contribution in [3.05, 3.63) is 119 Å². The molecular formula is C54H60N2O16. The fourth-order valence-corrected chi connectivity index (χ4v) is 11.3. The molecule has 2 saturated carbocycles. The normalized spacial score (nSPS) is 29.3. The maximum Gasteiger partial charge on any atom is 0.408 e. The number of pyridine rings is 1. The van der Waals surface area contributed by atoms with Crippen molar-refractivity contribution in [2.24, 2.45) is 16.7 Å². The SMILES string of the molecule is COc1cc(C(=O)O[C@@H](C(=O)O[C@H]2C[C@@]3(O)[C@@H](OC(=O)c4ccccc4)[C@@H]4[C@]5(OC(C)=O)CO[C@@H]5C[C@H](O)[C@@]4(C)C(=O)[C@H](O)C(=C2C)C3(C)C)[C@@H](NC(=O)OC(C)(C)C)c2ccccc2)nc2ccccc12. The molecule has 3 aromatic carbocycles. The van der Waals surface area contributed by atoms with Gasteiger partial charge in [-0.05, 0) is 75.6 Å². The van der Waals surface area contributed by atoms with E-state index in [4.69, 9.17) is 33.2 Å². The molecule has 11 atom stereocenters. The number of ketones is 1. The number of nitrogens with zero attached hydrogens (tertiary/aromatic N) is 1. The van der Waals surface area contributed by atoms with Gasteiger partial charge in [0.2, 0.25) is 6.10 Å². The summed E-state index contributed by atoms with van der Waals surface area (Å²) in [6, 6.07) is 22.6. The van der Waals surface area contributed by atoms with Crippen LogP contribution in [-0.4, -0.2) is 123 Å². The van der Waals surface area contributed by atoms with Gasteiger partial charge >= 0.3 is 30.0 Å². The van der Waals surface area contributed by atoms with Gasteiger partial charge in [0, 0.05) is 36.6 Å². The number of hydrogen-bond donors (Lipinski definition) is 4. The van der Waals surface area contributed by atoms with E-state index < -0.39 is 118 Å². The third-order valence-electron chi connectivity index (χ3n) is 14.9. The number of aliphatic hydroxyl groups excluding tert-OH is 2. The number of benzene rings is 3. The monoisotopic (exact) mass is 992 g/mol. The third kappa shape index (κ3) is 8.87. The summed E-state index contributed by atoms with van der Waals surface area (Å²) in [5.74, 6) is -6.43. The smallest absolute Gasteiger partial charge is 0.408 e. The molecule has 1 saturated heterocycles. The van der Waals surface area contributed by atoms with Gasteiger partial charge in [0.1, 0.15) is 47.4 Å². The molecule has 0 radical (unpaired) electrons. The van der Waals surface area contributed by atoms with Gasteiger partial charge in [0.15, 0.2) is 17.1 Å². The Balaban J connectivity index is 1.28. The minimum absolute atomic E-state index is 0.0479. The van der Waals surface area contributed by atoms with Crippen molar-refractivity contribution in [2.75, 3.05) is 13.7 Å². The van der Waals surface area contributed by atoms with Crippen molar-refractivity contribution in [1.29, 1.82) is 0 Å². The number of nitrogens with one attached hydrogen (secondary N) is 1. The maximum atomic E-state index is 15.3. The van der Waals surface area contributed by atoms with Crippen LogP contribution in [0.2, 0.25) is 0 Å². The highest BCUT2D eigenvalue weighted by Gasteiger charge is 2.78. The van der Waals surface area contributed by atoms with Gasteiger partial charge in [0.25, 0.3) is 0 Å². The molecule has 2 bridgehead atoms. The zero-order chi connectivity index (χ0) is 52.3. The number of amides is 1. The highest BCUT2D eigenvalue weighted by Crippen LogP contribution is 2.64. The van der Waals surface area contributed by atoms with Crippen molar-refractivity contribution in [3.63, 3.8) is 0 Å². The fraction of sp³-hybridized carbons (Fsp3) is 0.463. The Kier molecular flexibility index (Phi) is 13.6. The third-order valence-corrected chi connectivity index (χ3v) is 14.9. The second-order valence-corrected chi connectivity index (χ2v) is 20.7. The van der Waals surface area contributed by atoms with Crippen LogP contribution in [0, 0.1) is 16.7 Å². The van der Waals surface area contributed by atoms with Gasteiger partial charge in [-0.2, -0.15) is 0 Å². The predicted molar refractivity (Wildman–Crippen MR) is 255 cm³/mol. The number of hydrogen-bond acceptors (Lipinski definition) is 17. The number of rotatable bonds is 11. The lowest BCUT2D eigenvalue weighted by molar-refractivity contribution is -0.346. The van der Waals surface area contributed by atoms with Crippen LogP contribution in [0.15, 0.2) is 102 Å². The van der Waals surface area contributed by atoms with Gasteiger partial charge in [-0.1, -0.05) is 74.5 Å². The van der Waals surface area contributed by atoms with E-state index in [0.717, 1.165) is 6.92 Å². The van der Waals surface area contributed by atoms with Crippen molar-refractivity contribution in [1.82, 2.24) is 10.3 Å². The topological polar surface area (TPSA) is 253 Å². The first-order valence-electron chi connectivity index (χ1n) is 23.7. The molecule has 1 amide bonds. The number of aromatic nitrogens is 1. The van der Waals surface area contributed by atoms with Gasteiger partial charge in [0.05, 0.1) is 42.2 Å². The van der Waals surface area contributed by atoms with E-state index in [2.05, 4.69) is 10.3 Å². The van der Waals surface area contributed by atoms with Crippen molar-refractivity contribution < 1.29 is 77.2 Å². The highest BCUT2D eigenvalue weighted by molar-refractivity contribution is 5.96. The van der Waals surface area contributed by atoms with Crippen LogP contribution in [0.1, 0.15) is 101 Å². The summed E-state index contributed by atoms with van der Waals surface area (Å²) < 4.78 is 42.0. The summed E-state index contributed by atoms with van der Waals surface area (Å²) >= 11 is 0. The number of alkyl carbamates (subject to hydrolysis) is 1. The van der Waals surface area contributed by atoms with Crippen LogP contribution in [0.3, 0.4) is 0 Å². The average Bonchev–Trinajstić information content (AvgIpc) is 3.33. The van der Waals surface area contributed by atoms with Gasteiger partial charge in [-0.15, -0.1) is 0 Å². The van der Waals surface area contributed by atoms with E-state index in [-0.39, 0.29) is 46.7 Å². The summed E-state index contributed by atoms with van der Waals surface area (Å²) in [5.41, 5.74) is -8.69. The molecule has 4 aliphatic rings. The highest BCUT2D eigenvalue weighted by atomic mass is 16.6. The Morgan fingerprint density at radius 2 is 1.53 bits per heavy atom. The average molecular weight is 993 g/mol. The fourth-order valence-electron chi connectivity index (χ4n) is 11.3. The van der Waals surface area contributed by atoms with E-state index in [1.165, 1.54) is 53.0 Å². The molecule has 1 aromatic heterocycles. The van der Waals surface area contributed by atoms with Crippen LogP contribution in [0.5, 0.6) is 5.75 Å². The Hall–Kier alpha value is -6.73. The van der Waals surface area contributed by atoms with Crippen molar-refractivity contribution in [2.45, 2.75) is 128 Å². The Morgan fingerprint density at radius 3 is 2.14 bits per heavy atom. The molecule has 8 rings (SSSR count). The van der Waals surface area contributed by atoms with Crippen molar-refractivity contribution in [3.8, 4) is 5.75 Å². The molecule has 18 heteroatoms. The molecule has 3 fully saturated rings. The molecule has 1 aliphatic heterocycles. The summed E-state index contributed by atoms with van der Waals surface area (Å²) in [5, 5.41) is 41.6. The number of aliphatic hydroxyl groups is 3. The molecule has 0 spiro atoms. The van der Waals surface area contributed by atoms with Crippen LogP contribution in [0.4, 0.5) is 4.79 Å². The van der Waals surface area contributed by atoms with E-state index in [1.807, 2.05) is 0 Å². The lowest BCUT2D eigenvalue weighted by Gasteiger charge is -2.67. The second kappa shape index (κ2) is 19.0. The number of esters is 4. The second-order valence-electron chi connectivity index (χ2n) is 20.7. The molecule has 2 heterocycles. The summed E-state index contributed by atoms with van der Waals surface area (Å²) in [4.78, 5) is 90.7. The molecule has 18 nitrogen and oxygen atoms in total. The molecular weight excluding hydrogens is 933 g/mol. The number of Topliss-reactive ketones (excluding diaryl/α,β-unsaturated/α-hetero) is 1. The molecule has 0 unspecified atom stereocenters. The van der Waals surface area contributed by atoms with E-state index in [9.17, 15) is 34.5 Å². The zero-order valence-electron chi connectivity index (χ0n) is 41.5. The predicted octanol–water partition coefficient (Wildman–Crippen LogP) is 5.68. The Morgan fingerprint density at radius 1 is 0.889 bits per heavy atom. The minimum atomic E-state index is -2.46. The largest absolute Gasteiger partial charge is 0.496 e. The Labute approximate surface area is 415 Å². The first-order chi connectivity index (χ1) is 33.9. The van der Waals surface area contributed by atoms with Gasteiger partial charge in [-0.3, -0.25) is 9.59 Å². The van der Waals surface area contributed by atoms with Crippen LogP contribution >= 0.6 is 0 Å². The summed E-state index contributed by atoms with van der Waals surface area (Å²) in [6.45, 7) is 11.6. The number of para-hydroxylation sites is 1. The lowest BCUT2D eigenvalue weighted by atomic mass is 9.44. The zero-order valence-corrected chi connectivity index (χ0v) is 41.5. The molecule has 72 heavy (non-hydrogen) atoms. The molecule has 382 valence electrons. The summed E-state index contributed by atoms with van der Waals surface area (Å²) in [6.07, 6.45) is -12.1. The summed E-state index contributed by atoms with van der Waals surface area (Å²) in [7, 11) is 1.41. The number of carbonyl (C=O) groups is 6. The Bertz CT molecular complexity index is 2830. The first kappa shape index (κ1) is 51.6. The number of ether oxygens (including phenoxy) is 7. The van der Waals surface area contributed by atoms with Crippen molar-refractivity contribution >= 4 is 46.7 Å². The van der Waals surface area contributed by atoms with Gasteiger partial charge < -0.3 is 53.8 Å². The molecule has 4 aromatic rings. The standard InChI is InChI=1S/C54H60N2O16/c1-28-36(68-48(63)42(40(30-18-12-10-13-19-30)56-49(64)72-50(3,4)5)69-47(62)34-24-35(66-9)32-22-16-17-23-33(32)55-34)26-54(65)45(70-46(61)31-20-14-11-15-21-31)43-52(8,44(60)41(59)39(28)51(54,6)7)37(58)25-38-53(43,27-67-38)71-29(2)57/h10-24,36-38,40-43,45,58-59,65H,25-27H2,1-9H3,(H,56,64)/t36-,37-,38+,40-,41+,42+,43-,45-,52+,53-,54+/m0/s1. The maximum absolute atomic E-state index is 15.3. The number of methoxy groups -OCH3 is 1. The van der Waals surface area contributed by atoms with E-state index >= 15 is 9.59 Å². The van der Waals surface area contributed by atoms with E-state index in [1.54, 1.807) is 93.6 Å². The lowest BCUT2D eigenvalue weighted by Crippen LogP contribution is -2.81. The van der Waals surface area contributed by atoms with E-state index in [0.29, 0.717) is 10.9 Å².